The lowest BCUT2D eigenvalue weighted by atomic mass is 10.1. The van der Waals surface area contributed by atoms with E-state index in [1.165, 1.54) is 4.88 Å². The fraction of sp³-hybridized carbons (Fsp3) is 0.643. The van der Waals surface area contributed by atoms with Crippen LogP contribution in [0.25, 0.3) is 0 Å². The van der Waals surface area contributed by atoms with E-state index in [0.29, 0.717) is 0 Å². The molecule has 3 atom stereocenters. The second-order valence-corrected chi connectivity index (χ2v) is 7.01. The van der Waals surface area contributed by atoms with Crippen LogP contribution < -0.4 is 5.32 Å². The number of rotatable bonds is 5. The van der Waals surface area contributed by atoms with Crippen molar-refractivity contribution in [1.82, 2.24) is 10.3 Å². The standard InChI is InChI=1S/C14H20N2O3S/c1-5-8-6-15-12(20-8)7(2)16-11(17)9-10(13(18)19)14(9,3)4/h6-7,9-10H,5H2,1-4H3,(H,16,17)(H,18,19). The van der Waals surface area contributed by atoms with Crippen LogP contribution in [-0.2, 0) is 16.0 Å². The van der Waals surface area contributed by atoms with Crippen molar-refractivity contribution in [2.24, 2.45) is 17.3 Å². The Morgan fingerprint density at radius 3 is 2.60 bits per heavy atom. The second-order valence-electron chi connectivity index (χ2n) is 5.86. The Hall–Kier alpha value is -1.43. The predicted octanol–water partition coefficient (Wildman–Crippen LogP) is 2.24. The number of nitrogens with zero attached hydrogens (tertiary/aromatic N) is 1. The summed E-state index contributed by atoms with van der Waals surface area (Å²) in [6.45, 7) is 7.57. The quantitative estimate of drug-likeness (QED) is 0.873. The average Bonchev–Trinajstić information content (AvgIpc) is 2.75. The first-order valence-electron chi connectivity index (χ1n) is 6.76. The number of carboxylic acids is 1. The lowest BCUT2D eigenvalue weighted by Gasteiger charge is -2.11. The summed E-state index contributed by atoms with van der Waals surface area (Å²) in [6, 6.07) is -0.182. The molecule has 1 aliphatic rings. The largest absolute Gasteiger partial charge is 0.481 e. The molecule has 2 rings (SSSR count). The molecule has 20 heavy (non-hydrogen) atoms. The molecule has 2 N–H and O–H groups in total. The first-order valence-corrected chi connectivity index (χ1v) is 7.58. The maximum absolute atomic E-state index is 12.2. The molecule has 1 amide bonds. The van der Waals surface area contributed by atoms with Gasteiger partial charge in [-0.15, -0.1) is 11.3 Å². The van der Waals surface area contributed by atoms with E-state index in [2.05, 4.69) is 17.2 Å². The number of hydrogen-bond donors (Lipinski definition) is 2. The van der Waals surface area contributed by atoms with Gasteiger partial charge in [-0.2, -0.15) is 0 Å². The molecule has 0 aliphatic heterocycles. The molecule has 0 radical (unpaired) electrons. The van der Waals surface area contributed by atoms with Crippen LogP contribution in [0.1, 0.15) is 43.6 Å². The molecule has 6 heteroatoms. The monoisotopic (exact) mass is 296 g/mol. The van der Waals surface area contributed by atoms with Gasteiger partial charge in [-0.1, -0.05) is 20.8 Å². The van der Waals surface area contributed by atoms with E-state index in [9.17, 15) is 9.59 Å². The van der Waals surface area contributed by atoms with Gasteiger partial charge < -0.3 is 10.4 Å². The van der Waals surface area contributed by atoms with E-state index >= 15 is 0 Å². The molecule has 3 unspecified atom stereocenters. The van der Waals surface area contributed by atoms with Gasteiger partial charge in [0.25, 0.3) is 0 Å². The summed E-state index contributed by atoms with van der Waals surface area (Å²) in [4.78, 5) is 28.8. The van der Waals surface area contributed by atoms with E-state index in [4.69, 9.17) is 5.11 Å². The zero-order valence-corrected chi connectivity index (χ0v) is 13.0. The molecule has 0 aromatic carbocycles. The van der Waals surface area contributed by atoms with Gasteiger partial charge in [0, 0.05) is 11.1 Å². The molecule has 1 aromatic rings. The van der Waals surface area contributed by atoms with E-state index < -0.39 is 23.2 Å². The number of nitrogens with one attached hydrogen (secondary N) is 1. The first-order chi connectivity index (χ1) is 9.28. The SMILES string of the molecule is CCc1cnc(C(C)NC(=O)C2C(C(=O)O)C2(C)C)s1. The minimum Gasteiger partial charge on any atom is -0.481 e. The lowest BCUT2D eigenvalue weighted by molar-refractivity contribution is -0.140. The highest BCUT2D eigenvalue weighted by atomic mass is 32.1. The number of carbonyl (C=O) groups is 2. The maximum Gasteiger partial charge on any atom is 0.307 e. The third kappa shape index (κ3) is 2.57. The van der Waals surface area contributed by atoms with Crippen LogP contribution in [0.5, 0.6) is 0 Å². The van der Waals surface area contributed by atoms with Crippen LogP contribution in [0.4, 0.5) is 0 Å². The van der Waals surface area contributed by atoms with Crippen molar-refractivity contribution in [3.63, 3.8) is 0 Å². The smallest absolute Gasteiger partial charge is 0.307 e. The number of aromatic nitrogens is 1. The highest BCUT2D eigenvalue weighted by Gasteiger charge is 2.65. The zero-order valence-electron chi connectivity index (χ0n) is 12.1. The Bertz CT molecular complexity index is 538. The van der Waals surface area contributed by atoms with Crippen LogP contribution in [0, 0.1) is 17.3 Å². The Balaban J connectivity index is 2.00. The summed E-state index contributed by atoms with van der Waals surface area (Å²) in [7, 11) is 0. The Labute approximate surface area is 122 Å². The number of carbonyl (C=O) groups excluding carboxylic acids is 1. The van der Waals surface area contributed by atoms with Crippen LogP contribution in [0.3, 0.4) is 0 Å². The van der Waals surface area contributed by atoms with Gasteiger partial charge in [-0.05, 0) is 18.8 Å². The van der Waals surface area contributed by atoms with E-state index in [-0.39, 0.29) is 11.9 Å². The molecule has 0 bridgehead atoms. The minimum absolute atomic E-state index is 0.182. The summed E-state index contributed by atoms with van der Waals surface area (Å²) >= 11 is 1.58. The van der Waals surface area contributed by atoms with Crippen molar-refractivity contribution in [3.05, 3.63) is 16.1 Å². The molecule has 1 saturated carbocycles. The number of aliphatic carboxylic acids is 1. The van der Waals surface area contributed by atoms with Gasteiger partial charge in [-0.25, -0.2) is 4.98 Å². The second kappa shape index (κ2) is 5.16. The van der Waals surface area contributed by atoms with Crippen molar-refractivity contribution in [2.75, 3.05) is 0 Å². The Morgan fingerprint density at radius 2 is 2.15 bits per heavy atom. The maximum atomic E-state index is 12.2. The summed E-state index contributed by atoms with van der Waals surface area (Å²) in [6.07, 6.45) is 2.75. The zero-order chi connectivity index (χ0) is 15.1. The van der Waals surface area contributed by atoms with Crippen molar-refractivity contribution in [2.45, 2.75) is 40.2 Å². The average molecular weight is 296 g/mol. The van der Waals surface area contributed by atoms with Gasteiger partial charge in [0.2, 0.25) is 5.91 Å². The number of carboxylic acid groups (broad SMARTS) is 1. The van der Waals surface area contributed by atoms with E-state index in [0.717, 1.165) is 11.4 Å². The molecule has 1 heterocycles. The highest BCUT2D eigenvalue weighted by Crippen LogP contribution is 2.58. The van der Waals surface area contributed by atoms with Gasteiger partial charge >= 0.3 is 5.97 Å². The topological polar surface area (TPSA) is 79.3 Å². The predicted molar refractivity (Wildman–Crippen MR) is 76.4 cm³/mol. The molecule has 1 aromatic heterocycles. The van der Waals surface area contributed by atoms with Crippen LogP contribution in [-0.4, -0.2) is 22.0 Å². The van der Waals surface area contributed by atoms with Gasteiger partial charge in [0.15, 0.2) is 0 Å². The molecule has 0 saturated heterocycles. The van der Waals surface area contributed by atoms with Crippen molar-refractivity contribution < 1.29 is 14.7 Å². The van der Waals surface area contributed by atoms with Gasteiger partial charge in [0.05, 0.1) is 17.9 Å². The summed E-state index contributed by atoms with van der Waals surface area (Å²) in [5, 5.41) is 12.8. The van der Waals surface area contributed by atoms with Crippen LogP contribution in [0.2, 0.25) is 0 Å². The molecule has 1 fully saturated rings. The van der Waals surface area contributed by atoms with Crippen LogP contribution in [0.15, 0.2) is 6.20 Å². The normalized spacial score (nSPS) is 25.0. The first kappa shape index (κ1) is 15.0. The lowest BCUT2D eigenvalue weighted by Crippen LogP contribution is -2.29. The van der Waals surface area contributed by atoms with Gasteiger partial charge in [0.1, 0.15) is 5.01 Å². The number of thiazole rings is 1. The third-order valence-electron chi connectivity index (χ3n) is 4.02. The van der Waals surface area contributed by atoms with Crippen LogP contribution >= 0.6 is 11.3 Å². The number of hydrogen-bond acceptors (Lipinski definition) is 4. The fourth-order valence-electron chi connectivity index (χ4n) is 2.64. The highest BCUT2D eigenvalue weighted by molar-refractivity contribution is 7.11. The van der Waals surface area contributed by atoms with E-state index in [1.54, 1.807) is 11.3 Å². The summed E-state index contributed by atoms with van der Waals surface area (Å²) in [5.41, 5.74) is -0.465. The number of amides is 1. The molecule has 110 valence electrons. The fourth-order valence-corrected chi connectivity index (χ4v) is 3.50. The van der Waals surface area contributed by atoms with Crippen molar-refractivity contribution >= 4 is 23.2 Å². The van der Waals surface area contributed by atoms with Crippen molar-refractivity contribution in [3.8, 4) is 0 Å². The van der Waals surface area contributed by atoms with Gasteiger partial charge in [-0.3, -0.25) is 9.59 Å². The third-order valence-corrected chi connectivity index (χ3v) is 5.35. The number of aryl methyl sites for hydroxylation is 1. The summed E-state index contributed by atoms with van der Waals surface area (Å²) in [5.74, 6) is -2.13. The Kier molecular flexibility index (Phi) is 3.86. The Morgan fingerprint density at radius 1 is 1.50 bits per heavy atom. The van der Waals surface area contributed by atoms with E-state index in [1.807, 2.05) is 27.0 Å². The molecule has 1 aliphatic carbocycles. The molecule has 5 nitrogen and oxygen atoms in total. The summed E-state index contributed by atoms with van der Waals surface area (Å²) < 4.78 is 0. The molecule has 0 spiro atoms. The molecular formula is C14H20N2O3S. The minimum atomic E-state index is -0.898. The van der Waals surface area contributed by atoms with Crippen molar-refractivity contribution in [1.29, 1.82) is 0 Å². The molecular weight excluding hydrogens is 276 g/mol.